The van der Waals surface area contributed by atoms with Crippen molar-refractivity contribution in [2.24, 2.45) is 11.8 Å². The first-order chi connectivity index (χ1) is 15.9. The minimum Gasteiger partial charge on any atom is -0.481 e. The molecule has 1 amide bonds. The molecule has 3 atom stereocenters. The summed E-state index contributed by atoms with van der Waals surface area (Å²) in [4.78, 5) is 44.1. The number of anilines is 1. The van der Waals surface area contributed by atoms with Gasteiger partial charge in [-0.3, -0.25) is 19.3 Å². The SMILES string of the molecule is CCN1CCN([C@H](C(=O)O)c2c[nH]c3ccc(NC(=O)[C@@H]4CC=CC[C@@H]4C(=O)O)cc23)CC1. The number of H-pyrrole nitrogens is 1. The zero-order valence-corrected chi connectivity index (χ0v) is 18.7. The van der Waals surface area contributed by atoms with Gasteiger partial charge >= 0.3 is 11.9 Å². The molecule has 0 unspecified atom stereocenters. The lowest BCUT2D eigenvalue weighted by Gasteiger charge is -2.37. The van der Waals surface area contributed by atoms with Gasteiger partial charge in [-0.25, -0.2) is 0 Å². The lowest BCUT2D eigenvalue weighted by Crippen LogP contribution is -2.49. The standard InChI is InChI=1S/C24H30N4O5/c1-2-27-9-11-28(12-10-27)21(24(32)33)19-14-25-20-8-7-15(13-18(19)20)26-22(29)16-5-3-4-6-17(16)23(30)31/h3-4,7-8,13-14,16-17,21,25H,2,5-6,9-12H2,1H3,(H,26,29)(H,30,31)(H,32,33)/t16-,17+,21+/m1/s1. The number of aromatic amines is 1. The third-order valence-electron chi connectivity index (χ3n) is 6.82. The Morgan fingerprint density at radius 3 is 2.42 bits per heavy atom. The number of allylic oxidation sites excluding steroid dienone is 2. The normalized spacial score (nSPS) is 22.8. The molecule has 2 heterocycles. The van der Waals surface area contributed by atoms with Crippen LogP contribution in [0.4, 0.5) is 5.69 Å². The van der Waals surface area contributed by atoms with E-state index in [2.05, 4.69) is 22.1 Å². The maximum absolute atomic E-state index is 12.9. The minimum absolute atomic E-state index is 0.333. The van der Waals surface area contributed by atoms with E-state index in [4.69, 9.17) is 0 Å². The Hall–Kier alpha value is -3.17. The van der Waals surface area contributed by atoms with Crippen LogP contribution < -0.4 is 5.32 Å². The van der Waals surface area contributed by atoms with Gasteiger partial charge in [-0.15, -0.1) is 0 Å². The van der Waals surface area contributed by atoms with Crippen LogP contribution in [0.3, 0.4) is 0 Å². The first-order valence-corrected chi connectivity index (χ1v) is 11.4. The lowest BCUT2D eigenvalue weighted by molar-refractivity contribution is -0.146. The molecule has 2 aromatic rings. The number of carboxylic acids is 2. The number of hydrogen-bond acceptors (Lipinski definition) is 5. The van der Waals surface area contributed by atoms with Gasteiger partial charge in [-0.2, -0.15) is 0 Å². The van der Waals surface area contributed by atoms with Crippen LogP contribution in [0.1, 0.15) is 31.4 Å². The van der Waals surface area contributed by atoms with E-state index in [1.165, 1.54) is 0 Å². The maximum Gasteiger partial charge on any atom is 0.325 e. The molecule has 4 N–H and O–H groups in total. The fraction of sp³-hybridized carbons (Fsp3) is 0.458. The second-order valence-electron chi connectivity index (χ2n) is 8.70. The topological polar surface area (TPSA) is 126 Å². The molecule has 1 aliphatic carbocycles. The molecular formula is C24H30N4O5. The molecule has 33 heavy (non-hydrogen) atoms. The Morgan fingerprint density at radius 2 is 1.79 bits per heavy atom. The van der Waals surface area contributed by atoms with Crippen molar-refractivity contribution in [1.82, 2.24) is 14.8 Å². The van der Waals surface area contributed by atoms with Crippen LogP contribution in [-0.4, -0.2) is 75.6 Å². The van der Waals surface area contributed by atoms with E-state index in [1.54, 1.807) is 30.5 Å². The molecule has 2 aliphatic rings. The Bertz CT molecular complexity index is 1070. The number of benzene rings is 1. The molecule has 0 saturated carbocycles. The van der Waals surface area contributed by atoms with Gasteiger partial charge in [0.15, 0.2) is 0 Å². The number of amides is 1. The van der Waals surface area contributed by atoms with E-state index < -0.39 is 29.8 Å². The first kappa shape index (κ1) is 23.0. The minimum atomic E-state index is -0.977. The summed E-state index contributed by atoms with van der Waals surface area (Å²) in [5, 5.41) is 23.1. The van der Waals surface area contributed by atoms with Crippen LogP contribution in [0.5, 0.6) is 0 Å². The number of carboxylic acid groups (broad SMARTS) is 2. The number of piperazine rings is 1. The van der Waals surface area contributed by atoms with Crippen molar-refractivity contribution in [3.8, 4) is 0 Å². The van der Waals surface area contributed by atoms with Crippen molar-refractivity contribution in [3.63, 3.8) is 0 Å². The number of hydrogen-bond donors (Lipinski definition) is 4. The summed E-state index contributed by atoms with van der Waals surface area (Å²) in [5.41, 5.74) is 1.96. The summed E-state index contributed by atoms with van der Waals surface area (Å²) < 4.78 is 0. The monoisotopic (exact) mass is 454 g/mol. The molecule has 9 nitrogen and oxygen atoms in total. The van der Waals surface area contributed by atoms with Gasteiger partial charge in [0, 0.05) is 54.5 Å². The van der Waals surface area contributed by atoms with Crippen LogP contribution in [-0.2, 0) is 14.4 Å². The number of fused-ring (bicyclic) bond motifs is 1. The Balaban J connectivity index is 1.58. The third-order valence-corrected chi connectivity index (χ3v) is 6.82. The summed E-state index contributed by atoms with van der Waals surface area (Å²) in [5.74, 6) is -3.62. The largest absolute Gasteiger partial charge is 0.481 e. The predicted molar refractivity (Wildman–Crippen MR) is 124 cm³/mol. The van der Waals surface area contributed by atoms with E-state index >= 15 is 0 Å². The van der Waals surface area contributed by atoms with Gasteiger partial charge in [0.2, 0.25) is 5.91 Å². The zero-order chi connectivity index (χ0) is 23.5. The molecule has 176 valence electrons. The summed E-state index contributed by atoms with van der Waals surface area (Å²) >= 11 is 0. The predicted octanol–water partition coefficient (Wildman–Crippen LogP) is 2.54. The van der Waals surface area contributed by atoms with E-state index in [9.17, 15) is 24.6 Å². The highest BCUT2D eigenvalue weighted by molar-refractivity contribution is 5.98. The number of rotatable bonds is 7. The molecule has 1 aromatic carbocycles. The summed E-state index contributed by atoms with van der Waals surface area (Å²) in [6.45, 7) is 6.03. The lowest BCUT2D eigenvalue weighted by atomic mass is 9.82. The highest BCUT2D eigenvalue weighted by Crippen LogP contribution is 2.32. The molecule has 4 rings (SSSR count). The second-order valence-corrected chi connectivity index (χ2v) is 8.70. The van der Waals surface area contributed by atoms with Crippen molar-refractivity contribution in [2.75, 3.05) is 38.0 Å². The third kappa shape index (κ3) is 4.79. The van der Waals surface area contributed by atoms with Crippen molar-refractivity contribution in [1.29, 1.82) is 0 Å². The van der Waals surface area contributed by atoms with Gasteiger partial charge in [0.25, 0.3) is 0 Å². The summed E-state index contributed by atoms with van der Waals surface area (Å²) in [6.07, 6.45) is 6.08. The van der Waals surface area contributed by atoms with E-state index in [0.717, 1.165) is 30.5 Å². The molecule has 1 fully saturated rings. The number of aliphatic carboxylic acids is 2. The molecule has 1 aromatic heterocycles. The van der Waals surface area contributed by atoms with Crippen molar-refractivity contribution in [2.45, 2.75) is 25.8 Å². The molecule has 9 heteroatoms. The Kier molecular flexibility index (Phi) is 6.80. The molecule has 0 spiro atoms. The Morgan fingerprint density at radius 1 is 1.09 bits per heavy atom. The molecule has 0 radical (unpaired) electrons. The van der Waals surface area contributed by atoms with Crippen LogP contribution in [0, 0.1) is 11.8 Å². The van der Waals surface area contributed by atoms with Gasteiger partial charge < -0.3 is 25.4 Å². The van der Waals surface area contributed by atoms with Gasteiger partial charge in [-0.1, -0.05) is 19.1 Å². The number of nitrogens with one attached hydrogen (secondary N) is 2. The zero-order valence-electron chi connectivity index (χ0n) is 18.7. The fourth-order valence-electron chi connectivity index (χ4n) is 4.88. The number of aromatic nitrogens is 1. The van der Waals surface area contributed by atoms with Crippen LogP contribution >= 0.6 is 0 Å². The van der Waals surface area contributed by atoms with E-state index in [-0.39, 0.29) is 5.91 Å². The molecule has 0 bridgehead atoms. The van der Waals surface area contributed by atoms with Gasteiger partial charge in [0.05, 0.1) is 11.8 Å². The maximum atomic E-state index is 12.9. The highest BCUT2D eigenvalue weighted by Gasteiger charge is 2.34. The summed E-state index contributed by atoms with van der Waals surface area (Å²) in [6, 6.07) is 4.53. The van der Waals surface area contributed by atoms with Crippen molar-refractivity contribution < 1.29 is 24.6 Å². The highest BCUT2D eigenvalue weighted by atomic mass is 16.4. The number of likely N-dealkylation sites (N-methyl/N-ethyl adjacent to an activating group) is 1. The van der Waals surface area contributed by atoms with Crippen LogP contribution in [0.25, 0.3) is 10.9 Å². The van der Waals surface area contributed by atoms with Crippen LogP contribution in [0.15, 0.2) is 36.5 Å². The van der Waals surface area contributed by atoms with E-state index in [0.29, 0.717) is 37.2 Å². The van der Waals surface area contributed by atoms with Gasteiger partial charge in [0.1, 0.15) is 6.04 Å². The van der Waals surface area contributed by atoms with E-state index in [1.807, 2.05) is 11.0 Å². The second kappa shape index (κ2) is 9.76. The molecule has 1 saturated heterocycles. The average Bonchev–Trinajstić information content (AvgIpc) is 3.22. The smallest absolute Gasteiger partial charge is 0.325 e. The molecular weight excluding hydrogens is 424 g/mol. The number of nitrogens with zero attached hydrogens (tertiary/aromatic N) is 2. The first-order valence-electron chi connectivity index (χ1n) is 11.4. The number of carbonyl (C=O) groups is 3. The van der Waals surface area contributed by atoms with Crippen molar-refractivity contribution in [3.05, 3.63) is 42.1 Å². The molecule has 1 aliphatic heterocycles. The number of carbonyl (C=O) groups excluding carboxylic acids is 1. The quantitative estimate of drug-likeness (QED) is 0.474. The Labute approximate surface area is 192 Å². The van der Waals surface area contributed by atoms with Crippen molar-refractivity contribution >= 4 is 34.4 Å². The van der Waals surface area contributed by atoms with Crippen LogP contribution in [0.2, 0.25) is 0 Å². The summed E-state index contributed by atoms with van der Waals surface area (Å²) in [7, 11) is 0. The average molecular weight is 455 g/mol. The van der Waals surface area contributed by atoms with Gasteiger partial charge in [-0.05, 0) is 37.6 Å². The fourth-order valence-corrected chi connectivity index (χ4v) is 4.88.